The molecule has 0 fully saturated rings. The first kappa shape index (κ1) is 66.2. The number of rotatable bonds is 52. The van der Waals surface area contributed by atoms with E-state index in [2.05, 4.69) is 67.8 Å². The number of phosphoric ester groups is 1. The maximum absolute atomic E-state index is 13.0. The van der Waals surface area contributed by atoms with Gasteiger partial charge in [-0.15, -0.1) is 0 Å². The van der Waals surface area contributed by atoms with Crippen LogP contribution in [0.3, 0.4) is 0 Å². The summed E-state index contributed by atoms with van der Waals surface area (Å²) in [6.45, 7) is 4.63. The number of aliphatic hydroxyl groups is 1. The average molecular weight is 976 g/mol. The zero-order chi connectivity index (χ0) is 49.9. The third-order valence-electron chi connectivity index (χ3n) is 12.7. The van der Waals surface area contributed by atoms with Crippen molar-refractivity contribution in [1.29, 1.82) is 0 Å². The molecule has 398 valence electrons. The van der Waals surface area contributed by atoms with Crippen LogP contribution in [-0.4, -0.2) is 68.5 Å². The van der Waals surface area contributed by atoms with E-state index < -0.39 is 26.6 Å². The number of nitrogens with one attached hydrogen (secondary N) is 1. The number of nitrogens with zero attached hydrogens (tertiary/aromatic N) is 1. The summed E-state index contributed by atoms with van der Waals surface area (Å²) in [7, 11) is 1.23. The SMILES string of the molecule is CCCCCCC/C=C\C/C=C\CCCCCCCCCCCCCC(=O)NC(COP(=O)([O-])OCC[N+](C)(C)C)C(O)/C=C/CC/C=C/CC/C=C/CCCCCCCCCCCCCCC. The standard InChI is InChI=1S/C59H111N2O6P/c1-6-8-10-12-14-16-18-20-22-24-26-28-30-32-34-36-38-40-42-44-46-48-50-52-58(62)57(56-67-68(64,65)66-55-54-61(3,4)5)60-59(63)53-51-49-47-45-43-41-39-37-35-33-31-29-27-25-23-21-19-17-15-13-11-9-7-2/h19,21,25,27,34,36,42,44,50,52,57-58,62H,6-18,20,22-24,26,28-33,35,37-41,43,45-49,51,53-56H2,1-5H3,(H-,60,63,64,65)/b21-19-,27-25-,36-34+,44-42+,52-50+. The topological polar surface area (TPSA) is 108 Å². The van der Waals surface area contributed by atoms with Crippen molar-refractivity contribution in [2.75, 3.05) is 40.9 Å². The average Bonchev–Trinajstić information content (AvgIpc) is 3.30. The monoisotopic (exact) mass is 975 g/mol. The minimum atomic E-state index is -4.61. The fourth-order valence-corrected chi connectivity index (χ4v) is 8.88. The second-order valence-electron chi connectivity index (χ2n) is 20.6. The maximum Gasteiger partial charge on any atom is 0.268 e. The Labute approximate surface area is 422 Å². The van der Waals surface area contributed by atoms with E-state index in [4.69, 9.17) is 9.05 Å². The number of aliphatic hydroxyl groups excluding tert-OH is 1. The molecule has 68 heavy (non-hydrogen) atoms. The quantitative estimate of drug-likeness (QED) is 0.0272. The van der Waals surface area contributed by atoms with E-state index in [-0.39, 0.29) is 12.5 Å². The van der Waals surface area contributed by atoms with E-state index in [1.807, 2.05) is 27.2 Å². The van der Waals surface area contributed by atoms with Crippen molar-refractivity contribution in [3.05, 3.63) is 60.8 Å². The molecule has 0 aromatic rings. The number of phosphoric acid groups is 1. The van der Waals surface area contributed by atoms with Gasteiger partial charge in [0.2, 0.25) is 5.91 Å². The third-order valence-corrected chi connectivity index (χ3v) is 13.6. The highest BCUT2D eigenvalue weighted by molar-refractivity contribution is 7.45. The molecule has 0 aliphatic heterocycles. The Kier molecular flexibility index (Phi) is 48.8. The van der Waals surface area contributed by atoms with Crippen molar-refractivity contribution < 1.29 is 32.9 Å². The van der Waals surface area contributed by atoms with Gasteiger partial charge in [0, 0.05) is 6.42 Å². The molecule has 0 aromatic carbocycles. The van der Waals surface area contributed by atoms with E-state index in [1.54, 1.807) is 6.08 Å². The molecule has 0 aliphatic rings. The summed E-state index contributed by atoms with van der Waals surface area (Å²) < 4.78 is 23.3. The van der Waals surface area contributed by atoms with E-state index in [1.165, 1.54) is 186 Å². The summed E-state index contributed by atoms with van der Waals surface area (Å²) >= 11 is 0. The lowest BCUT2D eigenvalue weighted by molar-refractivity contribution is -0.870. The Morgan fingerprint density at radius 3 is 1.28 bits per heavy atom. The van der Waals surface area contributed by atoms with Crippen molar-refractivity contribution in [1.82, 2.24) is 5.32 Å². The smallest absolute Gasteiger partial charge is 0.268 e. The molecule has 8 nitrogen and oxygen atoms in total. The molecular formula is C59H111N2O6P. The number of likely N-dealkylation sites (N-methyl/N-ethyl adjacent to an activating group) is 1. The van der Waals surface area contributed by atoms with Crippen molar-refractivity contribution in [3.8, 4) is 0 Å². The summed E-state index contributed by atoms with van der Waals surface area (Å²) in [5.41, 5.74) is 0. The van der Waals surface area contributed by atoms with Crippen LogP contribution >= 0.6 is 7.82 Å². The molecule has 0 saturated carbocycles. The Morgan fingerprint density at radius 2 is 0.868 bits per heavy atom. The second-order valence-corrected chi connectivity index (χ2v) is 22.0. The Morgan fingerprint density at radius 1 is 0.515 bits per heavy atom. The lowest BCUT2D eigenvalue weighted by Crippen LogP contribution is -2.45. The summed E-state index contributed by atoms with van der Waals surface area (Å²) in [6.07, 6.45) is 67.2. The van der Waals surface area contributed by atoms with Gasteiger partial charge in [-0.25, -0.2) is 0 Å². The van der Waals surface area contributed by atoms with Crippen LogP contribution in [0, 0.1) is 0 Å². The zero-order valence-corrected chi connectivity index (χ0v) is 46.2. The predicted molar refractivity (Wildman–Crippen MR) is 293 cm³/mol. The van der Waals surface area contributed by atoms with Crippen LogP contribution in [0.4, 0.5) is 0 Å². The number of hydrogen-bond donors (Lipinski definition) is 2. The molecule has 0 aromatic heterocycles. The van der Waals surface area contributed by atoms with E-state index in [0.717, 1.165) is 51.4 Å². The van der Waals surface area contributed by atoms with Crippen LogP contribution in [0.2, 0.25) is 0 Å². The molecule has 0 saturated heterocycles. The van der Waals surface area contributed by atoms with Crippen molar-refractivity contribution in [3.63, 3.8) is 0 Å². The van der Waals surface area contributed by atoms with Crippen molar-refractivity contribution in [2.24, 2.45) is 0 Å². The van der Waals surface area contributed by atoms with Crippen LogP contribution in [0.1, 0.15) is 258 Å². The molecule has 0 bridgehead atoms. The predicted octanol–water partition coefficient (Wildman–Crippen LogP) is 16.7. The lowest BCUT2D eigenvalue weighted by atomic mass is 10.0. The molecule has 0 spiro atoms. The number of carbonyl (C=O) groups excluding carboxylic acids is 1. The molecular weight excluding hydrogens is 864 g/mol. The fourth-order valence-electron chi connectivity index (χ4n) is 8.16. The number of unbranched alkanes of at least 4 members (excludes halogenated alkanes) is 31. The van der Waals surface area contributed by atoms with Gasteiger partial charge in [-0.3, -0.25) is 9.36 Å². The molecule has 0 heterocycles. The normalized spacial score (nSPS) is 14.4. The lowest BCUT2D eigenvalue weighted by Gasteiger charge is -2.29. The minimum Gasteiger partial charge on any atom is -0.756 e. The fraction of sp³-hybridized carbons (Fsp3) is 0.814. The Bertz CT molecular complexity index is 1290. The number of carbonyl (C=O) groups is 1. The third kappa shape index (κ3) is 52.0. The highest BCUT2D eigenvalue weighted by Gasteiger charge is 2.23. The molecule has 0 aliphatic carbocycles. The summed E-state index contributed by atoms with van der Waals surface area (Å²) in [4.78, 5) is 25.5. The Balaban J connectivity index is 4.31. The van der Waals surface area contributed by atoms with Gasteiger partial charge in [0.1, 0.15) is 13.2 Å². The van der Waals surface area contributed by atoms with E-state index in [9.17, 15) is 19.4 Å². The second kappa shape index (κ2) is 50.2. The molecule has 0 rings (SSSR count). The number of hydrogen-bond acceptors (Lipinski definition) is 6. The van der Waals surface area contributed by atoms with Crippen LogP contribution in [0.25, 0.3) is 0 Å². The van der Waals surface area contributed by atoms with Crippen LogP contribution in [0.5, 0.6) is 0 Å². The molecule has 9 heteroatoms. The van der Waals surface area contributed by atoms with Crippen molar-refractivity contribution in [2.45, 2.75) is 270 Å². The van der Waals surface area contributed by atoms with Crippen molar-refractivity contribution >= 4 is 13.7 Å². The first-order valence-corrected chi connectivity index (χ1v) is 30.1. The zero-order valence-electron chi connectivity index (χ0n) is 45.3. The molecule has 3 atom stereocenters. The van der Waals surface area contributed by atoms with Gasteiger partial charge in [0.15, 0.2) is 0 Å². The van der Waals surface area contributed by atoms with E-state index in [0.29, 0.717) is 17.4 Å². The number of allylic oxidation sites excluding steroid dienone is 9. The molecule has 0 radical (unpaired) electrons. The van der Waals surface area contributed by atoms with Crippen LogP contribution in [-0.2, 0) is 18.4 Å². The van der Waals surface area contributed by atoms with E-state index >= 15 is 0 Å². The highest BCUT2D eigenvalue weighted by Crippen LogP contribution is 2.38. The first-order chi connectivity index (χ1) is 33.0. The van der Waals surface area contributed by atoms with Gasteiger partial charge >= 0.3 is 0 Å². The van der Waals surface area contributed by atoms with Gasteiger partial charge in [0.05, 0.1) is 39.9 Å². The summed E-state index contributed by atoms with van der Waals surface area (Å²) in [5.74, 6) is -0.213. The minimum absolute atomic E-state index is 0.0108. The first-order valence-electron chi connectivity index (χ1n) is 28.7. The largest absolute Gasteiger partial charge is 0.756 e. The van der Waals surface area contributed by atoms with Crippen LogP contribution < -0.4 is 10.2 Å². The van der Waals surface area contributed by atoms with Gasteiger partial charge in [-0.1, -0.05) is 235 Å². The summed E-state index contributed by atoms with van der Waals surface area (Å²) in [6, 6.07) is -0.913. The van der Waals surface area contributed by atoms with Gasteiger partial charge in [0.25, 0.3) is 7.82 Å². The molecule has 3 unspecified atom stereocenters. The van der Waals surface area contributed by atoms with Gasteiger partial charge < -0.3 is 28.8 Å². The molecule has 1 amide bonds. The number of quaternary nitrogens is 1. The number of amides is 1. The van der Waals surface area contributed by atoms with Gasteiger partial charge in [-0.05, 0) is 77.0 Å². The van der Waals surface area contributed by atoms with Crippen LogP contribution in [0.15, 0.2) is 60.8 Å². The highest BCUT2D eigenvalue weighted by atomic mass is 31.2. The molecule has 2 N–H and O–H groups in total. The van der Waals surface area contributed by atoms with Gasteiger partial charge in [-0.2, -0.15) is 0 Å². The summed E-state index contributed by atoms with van der Waals surface area (Å²) in [5, 5.41) is 13.9. The Hall–Kier alpha value is -1.80. The maximum atomic E-state index is 13.0.